The molecule has 18 heavy (non-hydrogen) atoms. The summed E-state index contributed by atoms with van der Waals surface area (Å²) < 4.78 is 17.9. The third kappa shape index (κ3) is 2.46. The lowest BCUT2D eigenvalue weighted by atomic mass is 9.97. The van der Waals surface area contributed by atoms with E-state index in [1.54, 1.807) is 30.3 Å². The van der Waals surface area contributed by atoms with E-state index in [2.05, 4.69) is 11.1 Å². The van der Waals surface area contributed by atoms with Crippen LogP contribution in [0.15, 0.2) is 42.5 Å². The monoisotopic (exact) mass is 242 g/mol. The van der Waals surface area contributed by atoms with E-state index in [1.807, 2.05) is 0 Å². The van der Waals surface area contributed by atoms with E-state index in [9.17, 15) is 9.65 Å². The van der Waals surface area contributed by atoms with Gasteiger partial charge < -0.3 is 4.74 Å². The van der Waals surface area contributed by atoms with Crippen LogP contribution >= 0.6 is 0 Å². The first-order chi connectivity index (χ1) is 8.74. The summed E-state index contributed by atoms with van der Waals surface area (Å²) >= 11 is 0. The van der Waals surface area contributed by atoms with Crippen LogP contribution in [0.5, 0.6) is 5.88 Å². The Balaban J connectivity index is 2.39. The fraction of sp³-hybridized carbons (Fsp3) is 0.143. The molecule has 2 rings (SSSR count). The van der Waals surface area contributed by atoms with Crippen LogP contribution in [-0.2, 0) is 0 Å². The minimum absolute atomic E-state index is 0.325. The van der Waals surface area contributed by atoms with Gasteiger partial charge in [-0.3, -0.25) is 0 Å². The lowest BCUT2D eigenvalue weighted by Gasteiger charge is -2.09. The molecule has 0 aliphatic heterocycles. The predicted octanol–water partition coefficient (Wildman–Crippen LogP) is 2.88. The fourth-order valence-corrected chi connectivity index (χ4v) is 1.67. The zero-order chi connectivity index (χ0) is 13.0. The number of methoxy groups -OCH3 is 1. The van der Waals surface area contributed by atoms with Crippen LogP contribution in [0.3, 0.4) is 0 Å². The molecule has 4 heteroatoms. The molecule has 0 radical (unpaired) electrons. The highest BCUT2D eigenvalue weighted by atomic mass is 19.1. The first kappa shape index (κ1) is 12.1. The minimum Gasteiger partial charge on any atom is -0.481 e. The Morgan fingerprint density at radius 3 is 2.56 bits per heavy atom. The molecule has 1 aromatic carbocycles. The third-order valence-electron chi connectivity index (χ3n) is 2.58. The van der Waals surface area contributed by atoms with Gasteiger partial charge in [0.25, 0.3) is 0 Å². The van der Waals surface area contributed by atoms with E-state index in [4.69, 9.17) is 4.74 Å². The fourth-order valence-electron chi connectivity index (χ4n) is 1.67. The van der Waals surface area contributed by atoms with Crippen molar-refractivity contribution in [3.05, 3.63) is 59.5 Å². The van der Waals surface area contributed by atoms with E-state index >= 15 is 0 Å². The maximum absolute atomic E-state index is 12.9. The molecule has 0 saturated carbocycles. The molecule has 0 N–H and O–H groups in total. The van der Waals surface area contributed by atoms with Crippen molar-refractivity contribution < 1.29 is 9.13 Å². The largest absolute Gasteiger partial charge is 0.481 e. The van der Waals surface area contributed by atoms with Crippen LogP contribution in [0.25, 0.3) is 0 Å². The summed E-state index contributed by atoms with van der Waals surface area (Å²) in [4.78, 5) is 4.22. The van der Waals surface area contributed by atoms with Crippen LogP contribution in [0, 0.1) is 17.1 Å². The molecule has 0 bridgehead atoms. The molecule has 1 atom stereocenters. The zero-order valence-corrected chi connectivity index (χ0v) is 9.80. The van der Waals surface area contributed by atoms with Crippen LogP contribution in [0.2, 0.25) is 0 Å². The number of nitrogens with zero attached hydrogens (tertiary/aromatic N) is 2. The topological polar surface area (TPSA) is 45.9 Å². The molecule has 1 heterocycles. The van der Waals surface area contributed by atoms with Gasteiger partial charge >= 0.3 is 0 Å². The Hall–Kier alpha value is -2.41. The van der Waals surface area contributed by atoms with Gasteiger partial charge in [-0.15, -0.1) is 0 Å². The molecular weight excluding hydrogens is 231 g/mol. The van der Waals surface area contributed by atoms with Crippen molar-refractivity contribution in [2.24, 2.45) is 0 Å². The SMILES string of the molecule is COc1cccc(C(C#N)c2ccc(F)cc2)n1. The normalized spacial score (nSPS) is 11.6. The molecule has 90 valence electrons. The Morgan fingerprint density at radius 2 is 1.94 bits per heavy atom. The van der Waals surface area contributed by atoms with Gasteiger partial charge in [0.05, 0.1) is 18.9 Å². The number of nitriles is 1. The van der Waals surface area contributed by atoms with Crippen LogP contribution < -0.4 is 4.74 Å². The molecule has 1 unspecified atom stereocenters. The molecule has 3 nitrogen and oxygen atoms in total. The zero-order valence-electron chi connectivity index (χ0n) is 9.80. The number of benzene rings is 1. The minimum atomic E-state index is -0.527. The van der Waals surface area contributed by atoms with E-state index in [1.165, 1.54) is 19.2 Å². The number of hydrogen-bond acceptors (Lipinski definition) is 3. The second kappa shape index (κ2) is 5.28. The van der Waals surface area contributed by atoms with Crippen molar-refractivity contribution in [2.45, 2.75) is 5.92 Å². The second-order valence-electron chi connectivity index (χ2n) is 3.72. The van der Waals surface area contributed by atoms with Gasteiger partial charge in [0.15, 0.2) is 0 Å². The van der Waals surface area contributed by atoms with E-state index < -0.39 is 5.92 Å². The van der Waals surface area contributed by atoms with Gasteiger partial charge in [-0.05, 0) is 23.8 Å². The second-order valence-corrected chi connectivity index (χ2v) is 3.72. The maximum Gasteiger partial charge on any atom is 0.213 e. The average molecular weight is 242 g/mol. The number of hydrogen-bond donors (Lipinski definition) is 0. The summed E-state index contributed by atoms with van der Waals surface area (Å²) in [7, 11) is 1.52. The summed E-state index contributed by atoms with van der Waals surface area (Å²) in [5.41, 5.74) is 1.29. The standard InChI is InChI=1S/C14H11FN2O/c1-18-14-4-2-3-13(17-14)12(9-16)10-5-7-11(15)8-6-10/h2-8,12H,1H3. The van der Waals surface area contributed by atoms with Gasteiger partial charge in [0, 0.05) is 6.07 Å². The van der Waals surface area contributed by atoms with Crippen LogP contribution in [0.1, 0.15) is 17.2 Å². The lowest BCUT2D eigenvalue weighted by Crippen LogP contribution is -2.02. The lowest BCUT2D eigenvalue weighted by molar-refractivity contribution is 0.396. The molecule has 2 aromatic rings. The Bertz CT molecular complexity index is 575. The number of halogens is 1. The van der Waals surface area contributed by atoms with Crippen molar-refractivity contribution in [1.29, 1.82) is 5.26 Å². The van der Waals surface area contributed by atoms with Crippen LogP contribution in [0.4, 0.5) is 4.39 Å². The molecule has 0 aliphatic rings. The number of ether oxygens (including phenoxy) is 1. The smallest absolute Gasteiger partial charge is 0.213 e. The average Bonchev–Trinajstić information content (AvgIpc) is 2.42. The molecule has 0 aliphatic carbocycles. The van der Waals surface area contributed by atoms with Crippen molar-refractivity contribution in [1.82, 2.24) is 4.98 Å². The Labute approximate surface area is 104 Å². The third-order valence-corrected chi connectivity index (χ3v) is 2.58. The highest BCUT2D eigenvalue weighted by molar-refractivity contribution is 5.35. The van der Waals surface area contributed by atoms with Gasteiger partial charge in [0.1, 0.15) is 11.7 Å². The number of rotatable bonds is 3. The number of aromatic nitrogens is 1. The Morgan fingerprint density at radius 1 is 1.22 bits per heavy atom. The first-order valence-electron chi connectivity index (χ1n) is 5.40. The quantitative estimate of drug-likeness (QED) is 0.831. The number of pyridine rings is 1. The van der Waals surface area contributed by atoms with Crippen molar-refractivity contribution in [3.8, 4) is 11.9 Å². The van der Waals surface area contributed by atoms with Gasteiger partial charge in [-0.25, -0.2) is 9.37 Å². The summed E-state index contributed by atoms with van der Waals surface area (Å²) in [6, 6.07) is 13.2. The van der Waals surface area contributed by atoms with Crippen molar-refractivity contribution >= 4 is 0 Å². The highest BCUT2D eigenvalue weighted by Crippen LogP contribution is 2.24. The highest BCUT2D eigenvalue weighted by Gasteiger charge is 2.15. The molecular formula is C14H11FN2O. The molecule has 0 fully saturated rings. The Kier molecular flexibility index (Phi) is 3.54. The molecule has 1 aromatic heterocycles. The van der Waals surface area contributed by atoms with Gasteiger partial charge in [0.2, 0.25) is 5.88 Å². The molecule has 0 amide bonds. The van der Waals surface area contributed by atoms with Gasteiger partial charge in [-0.2, -0.15) is 5.26 Å². The van der Waals surface area contributed by atoms with Crippen molar-refractivity contribution in [2.75, 3.05) is 7.11 Å². The molecule has 0 saturated heterocycles. The first-order valence-corrected chi connectivity index (χ1v) is 5.40. The van der Waals surface area contributed by atoms with E-state index in [0.29, 0.717) is 17.1 Å². The summed E-state index contributed by atoms with van der Waals surface area (Å²) in [5, 5.41) is 9.24. The summed E-state index contributed by atoms with van der Waals surface area (Å²) in [6.07, 6.45) is 0. The van der Waals surface area contributed by atoms with Crippen LogP contribution in [-0.4, -0.2) is 12.1 Å². The van der Waals surface area contributed by atoms with Gasteiger partial charge in [-0.1, -0.05) is 18.2 Å². The summed E-state index contributed by atoms with van der Waals surface area (Å²) in [6.45, 7) is 0. The van der Waals surface area contributed by atoms with E-state index in [0.717, 1.165) is 0 Å². The predicted molar refractivity (Wildman–Crippen MR) is 64.6 cm³/mol. The molecule has 0 spiro atoms. The van der Waals surface area contributed by atoms with E-state index in [-0.39, 0.29) is 5.82 Å². The summed E-state index contributed by atoms with van der Waals surface area (Å²) in [5.74, 6) is -0.399. The maximum atomic E-state index is 12.9. The van der Waals surface area contributed by atoms with Crippen molar-refractivity contribution in [3.63, 3.8) is 0 Å².